The van der Waals surface area contributed by atoms with Crippen molar-refractivity contribution in [1.82, 2.24) is 9.80 Å². The molecule has 114 valence electrons. The van der Waals surface area contributed by atoms with Gasteiger partial charge in [-0.15, -0.1) is 0 Å². The molecule has 1 aromatic heterocycles. The van der Waals surface area contributed by atoms with E-state index in [1.54, 1.807) is 21.9 Å². The Bertz CT molecular complexity index is 671. The molecule has 0 N–H and O–H groups in total. The molecule has 2 aromatic rings. The average Bonchev–Trinajstić information content (AvgIpc) is 3.08. The van der Waals surface area contributed by atoms with Crippen molar-refractivity contribution in [2.24, 2.45) is 0 Å². The maximum atomic E-state index is 12.5. The molecule has 0 aliphatic carbocycles. The Labute approximate surface area is 129 Å². The molecule has 0 saturated carbocycles. The van der Waals surface area contributed by atoms with Crippen molar-refractivity contribution >= 4 is 11.8 Å². The highest BCUT2D eigenvalue weighted by atomic mass is 16.3. The molecule has 0 atom stereocenters. The first kappa shape index (κ1) is 14.4. The van der Waals surface area contributed by atoms with Crippen molar-refractivity contribution < 1.29 is 14.0 Å². The maximum absolute atomic E-state index is 12.5. The van der Waals surface area contributed by atoms with Gasteiger partial charge in [0.05, 0.1) is 6.26 Å². The summed E-state index contributed by atoms with van der Waals surface area (Å²) in [6.45, 7) is 4.10. The van der Waals surface area contributed by atoms with Gasteiger partial charge in [-0.25, -0.2) is 0 Å². The largest absolute Gasteiger partial charge is 0.459 e. The highest BCUT2D eigenvalue weighted by Gasteiger charge is 2.26. The van der Waals surface area contributed by atoms with E-state index in [1.165, 1.54) is 6.26 Å². The quantitative estimate of drug-likeness (QED) is 0.854. The van der Waals surface area contributed by atoms with Gasteiger partial charge in [0, 0.05) is 31.7 Å². The molecule has 1 aromatic carbocycles. The summed E-state index contributed by atoms with van der Waals surface area (Å²) < 4.78 is 5.13. The molecule has 2 heterocycles. The van der Waals surface area contributed by atoms with Crippen LogP contribution in [0.25, 0.3) is 0 Å². The van der Waals surface area contributed by atoms with Gasteiger partial charge in [0.15, 0.2) is 5.76 Å². The van der Waals surface area contributed by atoms with Crippen LogP contribution in [0.5, 0.6) is 0 Å². The second kappa shape index (κ2) is 6.05. The Morgan fingerprint density at radius 2 is 1.64 bits per heavy atom. The Balaban J connectivity index is 1.62. The van der Waals surface area contributed by atoms with E-state index < -0.39 is 0 Å². The summed E-state index contributed by atoms with van der Waals surface area (Å²) in [5.41, 5.74) is 1.77. The van der Waals surface area contributed by atoms with Crippen molar-refractivity contribution in [2.45, 2.75) is 6.92 Å². The van der Waals surface area contributed by atoms with Gasteiger partial charge in [0.1, 0.15) is 0 Å². The Morgan fingerprint density at radius 3 is 2.23 bits per heavy atom. The van der Waals surface area contributed by atoms with Crippen molar-refractivity contribution in [3.05, 3.63) is 59.5 Å². The molecule has 0 spiro atoms. The van der Waals surface area contributed by atoms with Gasteiger partial charge in [-0.05, 0) is 31.2 Å². The Morgan fingerprint density at radius 1 is 0.955 bits per heavy atom. The van der Waals surface area contributed by atoms with Gasteiger partial charge >= 0.3 is 0 Å². The summed E-state index contributed by atoms with van der Waals surface area (Å²) in [6.07, 6.45) is 1.49. The van der Waals surface area contributed by atoms with Crippen LogP contribution in [0.4, 0.5) is 0 Å². The van der Waals surface area contributed by atoms with Crippen molar-refractivity contribution in [2.75, 3.05) is 26.2 Å². The predicted molar refractivity (Wildman–Crippen MR) is 81.7 cm³/mol. The van der Waals surface area contributed by atoms with Crippen LogP contribution < -0.4 is 0 Å². The number of benzene rings is 1. The SMILES string of the molecule is Cc1cccc(C(=O)N2CCN(C(=O)c3ccco3)CC2)c1. The summed E-state index contributed by atoms with van der Waals surface area (Å²) in [5.74, 6) is 0.250. The number of piperazine rings is 1. The van der Waals surface area contributed by atoms with Crippen LogP contribution in [0.15, 0.2) is 47.1 Å². The van der Waals surface area contributed by atoms with E-state index in [9.17, 15) is 9.59 Å². The molecule has 2 amide bonds. The van der Waals surface area contributed by atoms with E-state index in [0.29, 0.717) is 37.5 Å². The first-order valence-corrected chi connectivity index (χ1v) is 7.34. The molecule has 5 nitrogen and oxygen atoms in total. The number of amides is 2. The molecular formula is C17H18N2O3. The zero-order chi connectivity index (χ0) is 15.5. The first-order valence-electron chi connectivity index (χ1n) is 7.34. The van der Waals surface area contributed by atoms with E-state index >= 15 is 0 Å². The summed E-state index contributed by atoms with van der Waals surface area (Å²) in [6, 6.07) is 10.9. The summed E-state index contributed by atoms with van der Waals surface area (Å²) in [5, 5.41) is 0. The number of rotatable bonds is 2. The number of nitrogens with zero attached hydrogens (tertiary/aromatic N) is 2. The maximum Gasteiger partial charge on any atom is 0.289 e. The normalized spacial score (nSPS) is 15.0. The van der Waals surface area contributed by atoms with Gasteiger partial charge in [-0.2, -0.15) is 0 Å². The van der Waals surface area contributed by atoms with E-state index in [2.05, 4.69) is 0 Å². The molecule has 1 aliphatic heterocycles. The van der Waals surface area contributed by atoms with Crippen LogP contribution in [-0.4, -0.2) is 47.8 Å². The number of carbonyl (C=O) groups is 2. The lowest BCUT2D eigenvalue weighted by Crippen LogP contribution is -2.50. The zero-order valence-electron chi connectivity index (χ0n) is 12.5. The molecule has 5 heteroatoms. The molecule has 0 radical (unpaired) electrons. The minimum atomic E-state index is -0.118. The molecule has 1 fully saturated rings. The lowest BCUT2D eigenvalue weighted by Gasteiger charge is -2.34. The van der Waals surface area contributed by atoms with Gasteiger partial charge in [0.2, 0.25) is 0 Å². The molecular weight excluding hydrogens is 280 g/mol. The summed E-state index contributed by atoms with van der Waals surface area (Å²) in [7, 11) is 0. The summed E-state index contributed by atoms with van der Waals surface area (Å²) >= 11 is 0. The number of hydrogen-bond donors (Lipinski definition) is 0. The van der Waals surface area contributed by atoms with Crippen molar-refractivity contribution in [3.63, 3.8) is 0 Å². The van der Waals surface area contributed by atoms with E-state index in [-0.39, 0.29) is 11.8 Å². The van der Waals surface area contributed by atoms with E-state index in [1.807, 2.05) is 31.2 Å². The third-order valence-corrected chi connectivity index (χ3v) is 3.85. The van der Waals surface area contributed by atoms with Crippen LogP contribution in [0.2, 0.25) is 0 Å². The summed E-state index contributed by atoms with van der Waals surface area (Å²) in [4.78, 5) is 28.2. The molecule has 1 saturated heterocycles. The molecule has 1 aliphatic rings. The Hall–Kier alpha value is -2.56. The standard InChI is InChI=1S/C17H18N2O3/c1-13-4-2-5-14(12-13)16(20)18-7-9-19(10-8-18)17(21)15-6-3-11-22-15/h2-6,11-12H,7-10H2,1H3. The van der Waals surface area contributed by atoms with Crippen LogP contribution in [0.1, 0.15) is 26.5 Å². The smallest absolute Gasteiger partial charge is 0.289 e. The average molecular weight is 298 g/mol. The number of carbonyl (C=O) groups excluding carboxylic acids is 2. The van der Waals surface area contributed by atoms with Gasteiger partial charge in [0.25, 0.3) is 11.8 Å². The minimum absolute atomic E-state index is 0.0220. The van der Waals surface area contributed by atoms with Crippen LogP contribution >= 0.6 is 0 Å². The minimum Gasteiger partial charge on any atom is -0.459 e. The molecule has 0 bridgehead atoms. The fraction of sp³-hybridized carbons (Fsp3) is 0.294. The van der Waals surface area contributed by atoms with Gasteiger partial charge in [-0.3, -0.25) is 9.59 Å². The molecule has 22 heavy (non-hydrogen) atoms. The lowest BCUT2D eigenvalue weighted by molar-refractivity contribution is 0.0518. The number of hydrogen-bond acceptors (Lipinski definition) is 3. The highest BCUT2D eigenvalue weighted by molar-refractivity contribution is 5.95. The second-order valence-electron chi connectivity index (χ2n) is 5.43. The topological polar surface area (TPSA) is 53.8 Å². The molecule has 3 rings (SSSR count). The predicted octanol–water partition coefficient (Wildman–Crippen LogP) is 2.19. The zero-order valence-corrected chi connectivity index (χ0v) is 12.5. The van der Waals surface area contributed by atoms with Crippen molar-refractivity contribution in [3.8, 4) is 0 Å². The van der Waals surface area contributed by atoms with E-state index in [0.717, 1.165) is 5.56 Å². The number of aryl methyl sites for hydroxylation is 1. The third-order valence-electron chi connectivity index (χ3n) is 3.85. The van der Waals surface area contributed by atoms with Crippen LogP contribution in [0, 0.1) is 6.92 Å². The van der Waals surface area contributed by atoms with Crippen LogP contribution in [-0.2, 0) is 0 Å². The first-order chi connectivity index (χ1) is 10.6. The lowest BCUT2D eigenvalue weighted by atomic mass is 10.1. The van der Waals surface area contributed by atoms with Gasteiger partial charge < -0.3 is 14.2 Å². The third kappa shape index (κ3) is 2.88. The second-order valence-corrected chi connectivity index (χ2v) is 5.43. The number of furan rings is 1. The molecule has 0 unspecified atom stereocenters. The van der Waals surface area contributed by atoms with Crippen LogP contribution in [0.3, 0.4) is 0 Å². The van der Waals surface area contributed by atoms with E-state index in [4.69, 9.17) is 4.42 Å². The fourth-order valence-electron chi connectivity index (χ4n) is 2.63. The Kier molecular flexibility index (Phi) is 3.96. The highest BCUT2D eigenvalue weighted by Crippen LogP contribution is 2.13. The monoisotopic (exact) mass is 298 g/mol. The van der Waals surface area contributed by atoms with Gasteiger partial charge in [-0.1, -0.05) is 17.7 Å². The fourth-order valence-corrected chi connectivity index (χ4v) is 2.63. The van der Waals surface area contributed by atoms with Crippen molar-refractivity contribution in [1.29, 1.82) is 0 Å².